The largest absolute Gasteiger partial charge is 0.385 e. The average Bonchev–Trinajstić information content (AvgIpc) is 3.71. The SMILES string of the molecule is CSc1cn(-c2ncc(-c3cc(NCC4CC4)ccc3F)cn2)c2cc(C(=O)N3CCOCC3)ccc12. The van der Waals surface area contributed by atoms with E-state index in [1.165, 1.54) is 18.9 Å². The summed E-state index contributed by atoms with van der Waals surface area (Å²) in [6.07, 6.45) is 9.81. The van der Waals surface area contributed by atoms with Gasteiger partial charge in [0.2, 0.25) is 5.95 Å². The molecule has 2 aromatic heterocycles. The van der Waals surface area contributed by atoms with Crippen molar-refractivity contribution in [3.05, 3.63) is 66.4 Å². The Hall–Kier alpha value is -3.43. The van der Waals surface area contributed by atoms with Crippen molar-refractivity contribution < 1.29 is 13.9 Å². The van der Waals surface area contributed by atoms with Crippen molar-refractivity contribution in [1.82, 2.24) is 19.4 Å². The van der Waals surface area contributed by atoms with Crippen LogP contribution in [0.3, 0.4) is 0 Å². The molecule has 9 heteroatoms. The number of ether oxygens (including phenoxy) is 1. The van der Waals surface area contributed by atoms with Gasteiger partial charge in [-0.25, -0.2) is 14.4 Å². The molecule has 3 heterocycles. The van der Waals surface area contributed by atoms with Crippen molar-refractivity contribution in [2.75, 3.05) is 44.4 Å². The van der Waals surface area contributed by atoms with E-state index in [1.54, 1.807) is 30.2 Å². The van der Waals surface area contributed by atoms with E-state index >= 15 is 0 Å². The van der Waals surface area contributed by atoms with E-state index in [4.69, 9.17) is 4.74 Å². The number of nitrogens with zero attached hydrogens (tertiary/aromatic N) is 4. The zero-order chi connectivity index (χ0) is 25.4. The molecule has 190 valence electrons. The number of carbonyl (C=O) groups is 1. The first-order chi connectivity index (χ1) is 18.1. The van der Waals surface area contributed by atoms with Crippen molar-refractivity contribution in [2.45, 2.75) is 17.7 Å². The number of thioether (sulfide) groups is 1. The maximum atomic E-state index is 14.7. The van der Waals surface area contributed by atoms with E-state index in [1.807, 2.05) is 46.2 Å². The van der Waals surface area contributed by atoms with Gasteiger partial charge in [0.25, 0.3) is 5.91 Å². The van der Waals surface area contributed by atoms with Crippen LogP contribution in [-0.2, 0) is 4.74 Å². The summed E-state index contributed by atoms with van der Waals surface area (Å²) in [7, 11) is 0. The molecule has 0 radical (unpaired) electrons. The summed E-state index contributed by atoms with van der Waals surface area (Å²) < 4.78 is 22.0. The third-order valence-electron chi connectivity index (χ3n) is 6.96. The van der Waals surface area contributed by atoms with Gasteiger partial charge in [0.05, 0.1) is 18.7 Å². The molecule has 0 unspecified atom stereocenters. The summed E-state index contributed by atoms with van der Waals surface area (Å²) >= 11 is 1.63. The summed E-state index contributed by atoms with van der Waals surface area (Å²) in [5, 5.41) is 4.42. The first-order valence-electron chi connectivity index (χ1n) is 12.5. The van der Waals surface area contributed by atoms with E-state index in [2.05, 4.69) is 15.3 Å². The number of amides is 1. The summed E-state index contributed by atoms with van der Waals surface area (Å²) in [6, 6.07) is 10.8. The highest BCUT2D eigenvalue weighted by molar-refractivity contribution is 7.98. The molecular weight excluding hydrogens is 489 g/mol. The average molecular weight is 518 g/mol. The standard InChI is InChI=1S/C28H28FN5O2S/c1-37-26-17-34(25-12-19(4-6-22(25)26)27(35)33-8-10-36-11-9-33)28-31-15-20(16-32-28)23-13-21(5-7-24(23)29)30-14-18-2-3-18/h4-7,12-13,15-18,30H,2-3,8-11,14H2,1H3. The minimum Gasteiger partial charge on any atom is -0.385 e. The molecule has 4 aromatic rings. The van der Waals surface area contributed by atoms with Gasteiger partial charge >= 0.3 is 0 Å². The molecule has 37 heavy (non-hydrogen) atoms. The monoisotopic (exact) mass is 517 g/mol. The van der Waals surface area contributed by atoms with Crippen LogP contribution >= 0.6 is 11.8 Å². The number of morpholine rings is 1. The molecule has 1 N–H and O–H groups in total. The molecular formula is C28H28FN5O2S. The van der Waals surface area contributed by atoms with E-state index in [0.29, 0.717) is 48.9 Å². The van der Waals surface area contributed by atoms with E-state index in [0.717, 1.165) is 33.9 Å². The van der Waals surface area contributed by atoms with Crippen LogP contribution in [0.1, 0.15) is 23.2 Å². The molecule has 1 amide bonds. The van der Waals surface area contributed by atoms with Crippen LogP contribution in [0.15, 0.2) is 59.9 Å². The number of hydrogen-bond donors (Lipinski definition) is 1. The second-order valence-corrected chi connectivity index (χ2v) is 10.3. The molecule has 1 aliphatic heterocycles. The first kappa shape index (κ1) is 23.9. The lowest BCUT2D eigenvalue weighted by molar-refractivity contribution is 0.0303. The molecule has 6 rings (SSSR count). The molecule has 2 aromatic carbocycles. The molecule has 1 aliphatic carbocycles. The molecule has 1 saturated carbocycles. The molecule has 2 aliphatic rings. The Balaban J connectivity index is 1.31. The topological polar surface area (TPSA) is 72.3 Å². The summed E-state index contributed by atoms with van der Waals surface area (Å²) in [5.74, 6) is 0.873. The van der Waals surface area contributed by atoms with Crippen LogP contribution in [0.25, 0.3) is 28.0 Å². The molecule has 1 saturated heterocycles. The number of aromatic nitrogens is 3. The Labute approximate surface area is 219 Å². The molecule has 0 atom stereocenters. The van der Waals surface area contributed by atoms with Gasteiger partial charge in [0, 0.05) is 70.9 Å². The lowest BCUT2D eigenvalue weighted by Crippen LogP contribution is -2.40. The number of carbonyl (C=O) groups excluding carboxylic acids is 1. The lowest BCUT2D eigenvalue weighted by Gasteiger charge is -2.26. The summed E-state index contributed by atoms with van der Waals surface area (Å²) in [6.45, 7) is 3.20. The van der Waals surface area contributed by atoms with Gasteiger partial charge in [-0.1, -0.05) is 6.07 Å². The van der Waals surface area contributed by atoms with Gasteiger partial charge in [-0.15, -0.1) is 11.8 Å². The first-order valence-corrected chi connectivity index (χ1v) is 13.8. The third-order valence-corrected chi connectivity index (χ3v) is 7.72. The second-order valence-electron chi connectivity index (χ2n) is 9.49. The predicted octanol–water partition coefficient (Wildman–Crippen LogP) is 5.24. The quantitative estimate of drug-likeness (QED) is 0.338. The Kier molecular flexibility index (Phi) is 6.56. The fraction of sp³-hybridized carbons (Fsp3) is 0.321. The maximum Gasteiger partial charge on any atom is 0.254 e. The fourth-order valence-electron chi connectivity index (χ4n) is 4.63. The number of hydrogen-bond acceptors (Lipinski definition) is 6. The highest BCUT2D eigenvalue weighted by Gasteiger charge is 2.22. The number of nitrogens with one attached hydrogen (secondary N) is 1. The predicted molar refractivity (Wildman–Crippen MR) is 144 cm³/mol. The fourth-order valence-corrected chi connectivity index (χ4v) is 5.23. The zero-order valence-electron chi connectivity index (χ0n) is 20.6. The summed E-state index contributed by atoms with van der Waals surface area (Å²) in [4.78, 5) is 25.2. The van der Waals surface area contributed by atoms with Gasteiger partial charge in [0.15, 0.2) is 0 Å². The number of fused-ring (bicyclic) bond motifs is 1. The second kappa shape index (κ2) is 10.1. The lowest BCUT2D eigenvalue weighted by atomic mass is 10.1. The van der Waals surface area contributed by atoms with Crippen LogP contribution in [0.4, 0.5) is 10.1 Å². The Morgan fingerprint density at radius 1 is 1.14 bits per heavy atom. The molecule has 0 spiro atoms. The van der Waals surface area contributed by atoms with E-state index < -0.39 is 0 Å². The summed E-state index contributed by atoms with van der Waals surface area (Å²) in [5.41, 5.74) is 3.45. The molecule has 0 bridgehead atoms. The molecule has 7 nitrogen and oxygen atoms in total. The van der Waals surface area contributed by atoms with Gasteiger partial charge in [-0.2, -0.15) is 0 Å². The van der Waals surface area contributed by atoms with Gasteiger partial charge < -0.3 is 15.0 Å². The van der Waals surface area contributed by atoms with Crippen molar-refractivity contribution in [3.63, 3.8) is 0 Å². The van der Waals surface area contributed by atoms with Crippen molar-refractivity contribution in [1.29, 1.82) is 0 Å². The smallest absolute Gasteiger partial charge is 0.254 e. The van der Waals surface area contributed by atoms with Crippen LogP contribution in [0.2, 0.25) is 0 Å². The highest BCUT2D eigenvalue weighted by Crippen LogP contribution is 2.33. The third kappa shape index (κ3) is 4.93. The van der Waals surface area contributed by atoms with Crippen LogP contribution in [0.5, 0.6) is 0 Å². The zero-order valence-corrected chi connectivity index (χ0v) is 21.4. The van der Waals surface area contributed by atoms with Crippen LogP contribution in [-0.4, -0.2) is 64.4 Å². The van der Waals surface area contributed by atoms with Crippen molar-refractivity contribution >= 4 is 34.3 Å². The Morgan fingerprint density at radius 2 is 1.92 bits per heavy atom. The van der Waals surface area contributed by atoms with E-state index in [-0.39, 0.29) is 11.7 Å². The maximum absolute atomic E-state index is 14.7. The number of benzene rings is 2. The Bertz CT molecular complexity index is 1450. The minimum atomic E-state index is -0.310. The highest BCUT2D eigenvalue weighted by atomic mass is 32.2. The number of halogens is 1. The van der Waals surface area contributed by atoms with Gasteiger partial charge in [-0.05, 0) is 55.3 Å². The minimum absolute atomic E-state index is 0.00873. The Morgan fingerprint density at radius 3 is 2.65 bits per heavy atom. The van der Waals surface area contributed by atoms with Crippen molar-refractivity contribution in [2.24, 2.45) is 5.92 Å². The van der Waals surface area contributed by atoms with Crippen LogP contribution < -0.4 is 5.32 Å². The van der Waals surface area contributed by atoms with E-state index in [9.17, 15) is 9.18 Å². The van der Waals surface area contributed by atoms with Crippen molar-refractivity contribution in [3.8, 4) is 17.1 Å². The normalized spacial score (nSPS) is 15.8. The van der Waals surface area contributed by atoms with Crippen LogP contribution in [0, 0.1) is 11.7 Å². The number of rotatable bonds is 7. The number of anilines is 1. The van der Waals surface area contributed by atoms with Gasteiger partial charge in [-0.3, -0.25) is 9.36 Å². The molecule has 2 fully saturated rings. The van der Waals surface area contributed by atoms with Gasteiger partial charge in [0.1, 0.15) is 5.82 Å².